The van der Waals surface area contributed by atoms with Crippen molar-refractivity contribution in [3.05, 3.63) is 24.3 Å². The van der Waals surface area contributed by atoms with E-state index in [1.54, 1.807) is 0 Å². The van der Waals surface area contributed by atoms with Crippen molar-refractivity contribution in [1.29, 1.82) is 0 Å². The average molecular weight is 189 g/mol. The maximum atomic E-state index is 3.65. The highest BCUT2D eigenvalue weighted by Crippen LogP contribution is 2.04. The zero-order chi connectivity index (χ0) is 7.11. The lowest BCUT2D eigenvalue weighted by molar-refractivity contribution is 0.977. The molecule has 0 fully saturated rings. The highest BCUT2D eigenvalue weighted by Gasteiger charge is 1.84. The van der Waals surface area contributed by atoms with Gasteiger partial charge < -0.3 is 0 Å². The Hall–Kier alpha value is -0.0400. The van der Waals surface area contributed by atoms with Gasteiger partial charge in [-0.15, -0.1) is 6.58 Å². The van der Waals surface area contributed by atoms with Crippen molar-refractivity contribution in [3.63, 3.8) is 0 Å². The summed E-state index contributed by atoms with van der Waals surface area (Å²) in [6.45, 7) is 5.80. The van der Waals surface area contributed by atoms with Crippen LogP contribution in [-0.4, -0.2) is 5.33 Å². The third kappa shape index (κ3) is 5.84. The molecule has 0 nitrogen and oxygen atoms in total. The summed E-state index contributed by atoms with van der Waals surface area (Å²) in [4.78, 5) is 0. The molecule has 0 saturated heterocycles. The van der Waals surface area contributed by atoms with Crippen molar-refractivity contribution < 1.29 is 0 Å². The number of halogens is 1. The highest BCUT2D eigenvalue weighted by atomic mass is 79.9. The van der Waals surface area contributed by atoms with E-state index in [1.807, 2.05) is 6.08 Å². The molecule has 0 aromatic rings. The molecule has 0 unspecified atom stereocenters. The number of hydrogen-bond acceptors (Lipinski definition) is 0. The minimum atomic E-state index is 0.968. The zero-order valence-electron chi connectivity index (χ0n) is 5.86. The summed E-state index contributed by atoms with van der Waals surface area (Å²) in [5.74, 6) is 0. The topological polar surface area (TPSA) is 0 Å². The SMILES string of the molecule is C=CCC/C(C)=C/CBr. The quantitative estimate of drug-likeness (QED) is 0.470. The molecule has 0 atom stereocenters. The Morgan fingerprint density at radius 2 is 2.33 bits per heavy atom. The molecule has 0 aliphatic heterocycles. The predicted molar refractivity (Wildman–Crippen MR) is 47.0 cm³/mol. The highest BCUT2D eigenvalue weighted by molar-refractivity contribution is 9.09. The molecule has 0 spiro atoms. The maximum Gasteiger partial charge on any atom is 0.0214 e. The minimum absolute atomic E-state index is 0.968. The van der Waals surface area contributed by atoms with E-state index in [1.165, 1.54) is 5.57 Å². The van der Waals surface area contributed by atoms with Gasteiger partial charge in [-0.2, -0.15) is 0 Å². The van der Waals surface area contributed by atoms with Crippen molar-refractivity contribution in [2.24, 2.45) is 0 Å². The van der Waals surface area contributed by atoms with E-state index in [4.69, 9.17) is 0 Å². The number of alkyl halides is 1. The Balaban J connectivity index is 3.36. The second kappa shape index (κ2) is 6.09. The first-order chi connectivity index (χ1) is 4.31. The van der Waals surface area contributed by atoms with Crippen LogP contribution in [0.4, 0.5) is 0 Å². The van der Waals surface area contributed by atoms with E-state index < -0.39 is 0 Å². The molecule has 1 heteroatoms. The van der Waals surface area contributed by atoms with Gasteiger partial charge in [0.15, 0.2) is 0 Å². The third-order valence-corrected chi connectivity index (χ3v) is 1.49. The first kappa shape index (κ1) is 8.96. The Morgan fingerprint density at radius 3 is 2.78 bits per heavy atom. The average Bonchev–Trinajstić information content (AvgIpc) is 1.85. The van der Waals surface area contributed by atoms with Gasteiger partial charge in [0.1, 0.15) is 0 Å². The molecule has 0 aliphatic carbocycles. The molecule has 0 rings (SSSR count). The fourth-order valence-electron chi connectivity index (χ4n) is 0.564. The number of allylic oxidation sites excluding steroid dienone is 3. The molecule has 9 heavy (non-hydrogen) atoms. The molecule has 0 saturated carbocycles. The molecule has 52 valence electrons. The van der Waals surface area contributed by atoms with Gasteiger partial charge in [-0.05, 0) is 19.8 Å². The summed E-state index contributed by atoms with van der Waals surface area (Å²) < 4.78 is 0. The van der Waals surface area contributed by atoms with Crippen LogP contribution in [0.5, 0.6) is 0 Å². The molecular formula is C8H13Br. The summed E-state index contributed by atoms with van der Waals surface area (Å²) >= 11 is 3.34. The summed E-state index contributed by atoms with van der Waals surface area (Å²) in [6.07, 6.45) is 6.37. The van der Waals surface area contributed by atoms with Gasteiger partial charge in [-0.25, -0.2) is 0 Å². The van der Waals surface area contributed by atoms with E-state index in [0.717, 1.165) is 18.2 Å². The van der Waals surface area contributed by atoms with Crippen LogP contribution in [0, 0.1) is 0 Å². The van der Waals surface area contributed by atoms with Crippen molar-refractivity contribution in [2.45, 2.75) is 19.8 Å². The standard InChI is InChI=1S/C8H13Br/c1-3-4-5-8(2)6-7-9/h3,6H,1,4-5,7H2,2H3/b8-6+. The largest absolute Gasteiger partial charge is 0.103 e. The van der Waals surface area contributed by atoms with Crippen molar-refractivity contribution in [1.82, 2.24) is 0 Å². The summed E-state index contributed by atoms with van der Waals surface area (Å²) in [6, 6.07) is 0. The van der Waals surface area contributed by atoms with E-state index in [0.29, 0.717) is 0 Å². The molecule has 0 N–H and O–H groups in total. The molecular weight excluding hydrogens is 176 g/mol. The smallest absolute Gasteiger partial charge is 0.0214 e. The molecule has 0 radical (unpaired) electrons. The van der Waals surface area contributed by atoms with Crippen LogP contribution >= 0.6 is 15.9 Å². The normalized spacial score (nSPS) is 11.6. The number of hydrogen-bond donors (Lipinski definition) is 0. The van der Waals surface area contributed by atoms with Crippen LogP contribution in [0.1, 0.15) is 19.8 Å². The van der Waals surface area contributed by atoms with Gasteiger partial charge in [0.2, 0.25) is 0 Å². The van der Waals surface area contributed by atoms with Crippen LogP contribution < -0.4 is 0 Å². The minimum Gasteiger partial charge on any atom is -0.103 e. The van der Waals surface area contributed by atoms with E-state index in [2.05, 4.69) is 35.5 Å². The van der Waals surface area contributed by atoms with E-state index >= 15 is 0 Å². The first-order valence-corrected chi connectivity index (χ1v) is 4.26. The maximum absolute atomic E-state index is 3.65. The van der Waals surface area contributed by atoms with Gasteiger partial charge in [0, 0.05) is 5.33 Å². The Labute approximate surface area is 65.8 Å². The van der Waals surface area contributed by atoms with Crippen LogP contribution in [-0.2, 0) is 0 Å². The third-order valence-electron chi connectivity index (χ3n) is 1.17. The van der Waals surface area contributed by atoms with Gasteiger partial charge in [-0.1, -0.05) is 33.7 Å². The number of rotatable bonds is 4. The molecule has 0 aromatic carbocycles. The predicted octanol–water partition coefficient (Wildman–Crippen LogP) is 3.29. The Morgan fingerprint density at radius 1 is 1.67 bits per heavy atom. The monoisotopic (exact) mass is 188 g/mol. The molecule has 0 aliphatic rings. The second-order valence-corrected chi connectivity index (χ2v) is 2.68. The van der Waals surface area contributed by atoms with Gasteiger partial charge in [0.05, 0.1) is 0 Å². The van der Waals surface area contributed by atoms with Gasteiger partial charge >= 0.3 is 0 Å². The lowest BCUT2D eigenvalue weighted by Gasteiger charge is -1.93. The molecule has 0 bridgehead atoms. The van der Waals surface area contributed by atoms with E-state index in [9.17, 15) is 0 Å². The summed E-state index contributed by atoms with van der Waals surface area (Å²) in [7, 11) is 0. The first-order valence-electron chi connectivity index (χ1n) is 3.13. The summed E-state index contributed by atoms with van der Waals surface area (Å²) in [5, 5.41) is 0.968. The van der Waals surface area contributed by atoms with Crippen LogP contribution in [0.2, 0.25) is 0 Å². The lowest BCUT2D eigenvalue weighted by Crippen LogP contribution is -1.75. The van der Waals surface area contributed by atoms with Gasteiger partial charge in [0.25, 0.3) is 0 Å². The Bertz CT molecular complexity index is 103. The van der Waals surface area contributed by atoms with Crippen molar-refractivity contribution in [2.75, 3.05) is 5.33 Å². The second-order valence-electron chi connectivity index (χ2n) is 2.03. The summed E-state index contributed by atoms with van der Waals surface area (Å²) in [5.41, 5.74) is 1.44. The van der Waals surface area contributed by atoms with Crippen LogP contribution in [0.3, 0.4) is 0 Å². The van der Waals surface area contributed by atoms with Crippen molar-refractivity contribution >= 4 is 15.9 Å². The van der Waals surface area contributed by atoms with Crippen LogP contribution in [0.15, 0.2) is 24.3 Å². The van der Waals surface area contributed by atoms with Gasteiger partial charge in [-0.3, -0.25) is 0 Å². The lowest BCUT2D eigenvalue weighted by atomic mass is 10.1. The zero-order valence-corrected chi connectivity index (χ0v) is 7.45. The molecule has 0 heterocycles. The molecule has 0 aromatic heterocycles. The fourth-order valence-corrected chi connectivity index (χ4v) is 1.12. The van der Waals surface area contributed by atoms with E-state index in [-0.39, 0.29) is 0 Å². The van der Waals surface area contributed by atoms with Crippen LogP contribution in [0.25, 0.3) is 0 Å². The van der Waals surface area contributed by atoms with Crippen molar-refractivity contribution in [3.8, 4) is 0 Å². The molecule has 0 amide bonds. The fraction of sp³-hybridized carbons (Fsp3) is 0.500. The Kier molecular flexibility index (Phi) is 6.06.